The highest BCUT2D eigenvalue weighted by Gasteiger charge is 2.41. The van der Waals surface area contributed by atoms with Crippen LogP contribution in [-0.2, 0) is 20.7 Å². The van der Waals surface area contributed by atoms with Crippen molar-refractivity contribution in [2.24, 2.45) is 5.92 Å². The quantitative estimate of drug-likeness (QED) is 0.785. The van der Waals surface area contributed by atoms with Gasteiger partial charge in [-0.15, -0.1) is 0 Å². The van der Waals surface area contributed by atoms with Gasteiger partial charge in [0.1, 0.15) is 5.15 Å². The second kappa shape index (κ2) is 6.82. The van der Waals surface area contributed by atoms with Crippen LogP contribution in [0.3, 0.4) is 0 Å². The number of nitrogens with one attached hydrogen (secondary N) is 1. The Morgan fingerprint density at radius 2 is 2.19 bits per heavy atom. The summed E-state index contributed by atoms with van der Waals surface area (Å²) in [7, 11) is -3.41. The maximum atomic E-state index is 11.4. The number of piperidine rings is 1. The van der Waals surface area contributed by atoms with Gasteiger partial charge in [-0.2, -0.15) is 8.42 Å². The zero-order chi connectivity index (χ0) is 18.5. The molecule has 142 valence electrons. The number of fused-ring (bicyclic) bond motifs is 2. The van der Waals surface area contributed by atoms with Crippen LogP contribution in [0.1, 0.15) is 36.8 Å². The first kappa shape index (κ1) is 18.3. The molecule has 1 aliphatic heterocycles. The number of likely N-dealkylation sites (tertiary alicyclic amines) is 1. The Hall–Kier alpha value is -1.08. The largest absolute Gasteiger partial charge is 0.345 e. The van der Waals surface area contributed by atoms with Crippen molar-refractivity contribution < 1.29 is 12.6 Å². The van der Waals surface area contributed by atoms with Crippen LogP contribution in [0, 0.1) is 5.92 Å². The lowest BCUT2D eigenvalue weighted by Gasteiger charge is -2.47. The Morgan fingerprint density at radius 3 is 2.92 bits per heavy atom. The predicted octanol–water partition coefficient (Wildman–Crippen LogP) is 3.54. The van der Waals surface area contributed by atoms with E-state index in [1.54, 1.807) is 0 Å². The first-order valence-electron chi connectivity index (χ1n) is 9.24. The fraction of sp³-hybridized carbons (Fsp3) is 0.579. The molecule has 0 bridgehead atoms. The molecule has 2 aliphatic rings. The van der Waals surface area contributed by atoms with Crippen molar-refractivity contribution >= 4 is 32.6 Å². The second-order valence-corrected chi connectivity index (χ2v) is 9.67. The van der Waals surface area contributed by atoms with Gasteiger partial charge in [-0.25, -0.2) is 0 Å². The van der Waals surface area contributed by atoms with E-state index in [-0.39, 0.29) is 12.5 Å². The molecule has 7 heteroatoms. The van der Waals surface area contributed by atoms with Gasteiger partial charge < -0.3 is 4.98 Å². The first-order valence-corrected chi connectivity index (χ1v) is 11.4. The molecule has 1 aromatic heterocycles. The number of rotatable bonds is 5. The van der Waals surface area contributed by atoms with Crippen LogP contribution >= 0.6 is 11.6 Å². The third-order valence-electron chi connectivity index (χ3n) is 5.76. The van der Waals surface area contributed by atoms with Gasteiger partial charge in [-0.05, 0) is 48.9 Å². The summed E-state index contributed by atoms with van der Waals surface area (Å²) in [6.45, 7) is 4.32. The van der Waals surface area contributed by atoms with Crippen LogP contribution in [-0.4, -0.2) is 50.3 Å². The Labute approximate surface area is 159 Å². The van der Waals surface area contributed by atoms with Gasteiger partial charge in [0.25, 0.3) is 10.1 Å². The smallest absolute Gasteiger partial charge is 0.264 e. The summed E-state index contributed by atoms with van der Waals surface area (Å²) < 4.78 is 28.0. The molecule has 0 amide bonds. The van der Waals surface area contributed by atoms with Crippen LogP contribution in [0.25, 0.3) is 10.9 Å². The van der Waals surface area contributed by atoms with Crippen molar-refractivity contribution in [3.8, 4) is 0 Å². The normalized spacial score (nSPS) is 26.2. The third kappa shape index (κ3) is 3.28. The van der Waals surface area contributed by atoms with Crippen LogP contribution in [0.4, 0.5) is 0 Å². The standard InChI is InChI=1S/C19H25ClN2O3S/c1-3-7-22-10-12(11-25-26(2,23)24)8-14-13-5-4-6-16-18(13)15(9-17(14)22)19(20)21-16/h4-6,12,14,17,21H,3,7-11H2,1-2H3/t12-,14?,17-/m1/s1. The van der Waals surface area contributed by atoms with E-state index in [1.807, 2.05) is 0 Å². The SMILES string of the molecule is CCCN1C[C@H](COS(C)(=O)=O)CC2c3cccc4[nH]c(Cl)c(c34)C[C@H]21. The summed E-state index contributed by atoms with van der Waals surface area (Å²) in [5, 5.41) is 2.02. The molecule has 1 saturated heterocycles. The summed E-state index contributed by atoms with van der Waals surface area (Å²) in [4.78, 5) is 5.82. The van der Waals surface area contributed by atoms with Crippen molar-refractivity contribution in [2.75, 3.05) is 26.0 Å². The van der Waals surface area contributed by atoms with E-state index in [0.717, 1.165) is 49.3 Å². The minimum atomic E-state index is -3.41. The topological polar surface area (TPSA) is 62.4 Å². The van der Waals surface area contributed by atoms with Crippen molar-refractivity contribution in [3.05, 3.63) is 34.5 Å². The van der Waals surface area contributed by atoms with E-state index in [0.29, 0.717) is 12.0 Å². The fourth-order valence-electron chi connectivity index (χ4n) is 4.83. The molecule has 2 heterocycles. The lowest BCUT2D eigenvalue weighted by molar-refractivity contribution is 0.0640. The molecule has 0 saturated carbocycles. The molecule has 2 aromatic rings. The number of hydrogen-bond acceptors (Lipinski definition) is 4. The Bertz CT molecular complexity index is 924. The van der Waals surface area contributed by atoms with Gasteiger partial charge in [0.2, 0.25) is 0 Å². The van der Waals surface area contributed by atoms with Crippen LogP contribution in [0.15, 0.2) is 18.2 Å². The van der Waals surface area contributed by atoms with Crippen molar-refractivity contribution in [1.29, 1.82) is 0 Å². The zero-order valence-electron chi connectivity index (χ0n) is 15.2. The first-order chi connectivity index (χ1) is 12.4. The Kier molecular flexibility index (Phi) is 4.80. The van der Waals surface area contributed by atoms with Crippen molar-refractivity contribution in [3.63, 3.8) is 0 Å². The highest BCUT2D eigenvalue weighted by molar-refractivity contribution is 7.85. The summed E-state index contributed by atoms with van der Waals surface area (Å²) in [6, 6.07) is 6.77. The minimum absolute atomic E-state index is 0.212. The van der Waals surface area contributed by atoms with Crippen LogP contribution in [0.5, 0.6) is 0 Å². The van der Waals surface area contributed by atoms with Gasteiger partial charge in [0, 0.05) is 29.4 Å². The summed E-state index contributed by atoms with van der Waals surface area (Å²) in [5.41, 5.74) is 3.66. The van der Waals surface area contributed by atoms with Crippen molar-refractivity contribution in [1.82, 2.24) is 9.88 Å². The Morgan fingerprint density at radius 1 is 1.38 bits per heavy atom. The average molecular weight is 397 g/mol. The van der Waals surface area contributed by atoms with E-state index in [1.165, 1.54) is 16.5 Å². The number of H-pyrrole nitrogens is 1. The average Bonchev–Trinajstić information content (AvgIpc) is 2.90. The molecule has 1 aliphatic carbocycles. The molecule has 3 atom stereocenters. The van der Waals surface area contributed by atoms with E-state index >= 15 is 0 Å². The minimum Gasteiger partial charge on any atom is -0.345 e. The van der Waals surface area contributed by atoms with Gasteiger partial charge in [0.15, 0.2) is 0 Å². The molecule has 1 aromatic carbocycles. The highest BCUT2D eigenvalue weighted by atomic mass is 35.5. The summed E-state index contributed by atoms with van der Waals surface area (Å²) in [6.07, 6.45) is 4.08. The zero-order valence-corrected chi connectivity index (χ0v) is 16.7. The van der Waals surface area contributed by atoms with E-state index in [4.69, 9.17) is 15.8 Å². The molecule has 0 spiro atoms. The summed E-state index contributed by atoms with van der Waals surface area (Å²) >= 11 is 6.50. The van der Waals surface area contributed by atoms with Crippen molar-refractivity contribution in [2.45, 2.75) is 38.1 Å². The van der Waals surface area contributed by atoms with Crippen LogP contribution in [0.2, 0.25) is 5.15 Å². The Balaban J connectivity index is 1.70. The number of benzene rings is 1. The van der Waals surface area contributed by atoms with E-state index < -0.39 is 10.1 Å². The maximum absolute atomic E-state index is 11.4. The molecule has 1 fully saturated rings. The van der Waals surface area contributed by atoms with Gasteiger partial charge in [0.05, 0.1) is 12.9 Å². The van der Waals surface area contributed by atoms with Gasteiger partial charge in [-0.3, -0.25) is 9.08 Å². The fourth-order valence-corrected chi connectivity index (χ4v) is 5.54. The number of aromatic amines is 1. The number of nitrogens with zero attached hydrogens (tertiary/aromatic N) is 1. The van der Waals surface area contributed by atoms with Gasteiger partial charge >= 0.3 is 0 Å². The molecule has 5 nitrogen and oxygen atoms in total. The molecule has 4 rings (SSSR count). The summed E-state index contributed by atoms with van der Waals surface area (Å²) in [5.74, 6) is 0.593. The predicted molar refractivity (Wildman–Crippen MR) is 104 cm³/mol. The van der Waals surface area contributed by atoms with Gasteiger partial charge in [-0.1, -0.05) is 30.7 Å². The highest BCUT2D eigenvalue weighted by Crippen LogP contribution is 2.46. The van der Waals surface area contributed by atoms with E-state index in [2.05, 4.69) is 35.0 Å². The lowest BCUT2D eigenvalue weighted by Crippen LogP contribution is -2.51. The second-order valence-electron chi connectivity index (χ2n) is 7.65. The number of halogens is 1. The molecule has 0 radical (unpaired) electrons. The number of hydrogen-bond donors (Lipinski definition) is 1. The monoisotopic (exact) mass is 396 g/mol. The molecular weight excluding hydrogens is 372 g/mol. The molecule has 1 N–H and O–H groups in total. The molecule has 26 heavy (non-hydrogen) atoms. The molecule has 1 unspecified atom stereocenters. The third-order valence-corrected chi connectivity index (χ3v) is 6.65. The number of aromatic nitrogens is 1. The molecular formula is C19H25ClN2O3S. The van der Waals surface area contributed by atoms with E-state index in [9.17, 15) is 8.42 Å². The lowest BCUT2D eigenvalue weighted by atomic mass is 9.72. The maximum Gasteiger partial charge on any atom is 0.264 e. The van der Waals surface area contributed by atoms with Crippen LogP contribution < -0.4 is 0 Å².